The third-order valence-electron chi connectivity index (χ3n) is 16.7. The van der Waals surface area contributed by atoms with Crippen LogP contribution in [0.2, 0.25) is 0 Å². The minimum absolute atomic E-state index is 0.573. The van der Waals surface area contributed by atoms with Gasteiger partial charge in [0.25, 0.3) is 0 Å². The molecular formula is C73H54N8Si2. The Morgan fingerprint density at radius 3 is 1.23 bits per heavy atom. The van der Waals surface area contributed by atoms with Gasteiger partial charge in [0.15, 0.2) is 22.0 Å². The highest BCUT2D eigenvalue weighted by atomic mass is 28.3. The van der Waals surface area contributed by atoms with Crippen molar-refractivity contribution in [2.24, 2.45) is 0 Å². The minimum Gasteiger partial charge on any atom is -0.276 e. The summed E-state index contributed by atoms with van der Waals surface area (Å²) in [7, 11) is -5.77. The van der Waals surface area contributed by atoms with Crippen LogP contribution in [0.1, 0.15) is 18.3 Å². The zero-order valence-electron chi connectivity index (χ0n) is 45.6. The number of hydrogen-bond acceptors (Lipinski definition) is 4. The molecule has 394 valence electrons. The molecule has 0 saturated heterocycles. The lowest BCUT2D eigenvalue weighted by atomic mass is 10.2. The number of allylic oxidation sites excluding steroid dienone is 1. The molecule has 5 heterocycles. The predicted molar refractivity (Wildman–Crippen MR) is 347 cm³/mol. The van der Waals surface area contributed by atoms with Gasteiger partial charge < -0.3 is 0 Å². The molecule has 0 bridgehead atoms. The summed E-state index contributed by atoms with van der Waals surface area (Å²) in [5.74, 6) is 3.36. The molecule has 83 heavy (non-hydrogen) atoms. The molecule has 15 rings (SSSR count). The Hall–Kier alpha value is -10.5. The second-order valence-corrected chi connectivity index (χ2v) is 28.9. The summed E-state index contributed by atoms with van der Waals surface area (Å²) in [6.07, 6.45) is 4.25. The highest BCUT2D eigenvalue weighted by molar-refractivity contribution is 7.20. The van der Waals surface area contributed by atoms with Crippen molar-refractivity contribution in [3.63, 3.8) is 0 Å². The Morgan fingerprint density at radius 1 is 0.373 bits per heavy atom. The van der Waals surface area contributed by atoms with E-state index in [0.717, 1.165) is 55.8 Å². The summed E-state index contributed by atoms with van der Waals surface area (Å²) < 4.78 is 8.98. The molecule has 10 aromatic carbocycles. The molecule has 0 fully saturated rings. The predicted octanol–water partition coefficient (Wildman–Crippen LogP) is 11.6. The summed E-state index contributed by atoms with van der Waals surface area (Å²) in [5, 5.41) is 10.4. The van der Waals surface area contributed by atoms with Crippen LogP contribution in [-0.2, 0) is 0 Å². The molecule has 8 nitrogen and oxygen atoms in total. The fourth-order valence-corrected chi connectivity index (χ4v) is 22.7. The Balaban J connectivity index is 0.974. The Labute approximate surface area is 482 Å². The summed E-state index contributed by atoms with van der Waals surface area (Å²) in [4.78, 5) is 22.1. The number of fused-ring (bicyclic) bond motifs is 8. The second-order valence-electron chi connectivity index (χ2n) is 21.1. The van der Waals surface area contributed by atoms with Gasteiger partial charge in [0.05, 0.1) is 44.5 Å². The van der Waals surface area contributed by atoms with E-state index in [1.54, 1.807) is 0 Å². The van der Waals surface area contributed by atoms with Crippen LogP contribution in [0.4, 0.5) is 0 Å². The molecule has 0 aliphatic rings. The average molecular weight is 1100 g/mol. The van der Waals surface area contributed by atoms with Gasteiger partial charge in [-0.15, -0.1) is 0 Å². The van der Waals surface area contributed by atoms with Crippen LogP contribution in [0.25, 0.3) is 79.8 Å². The first kappa shape index (κ1) is 49.5. The highest BCUT2D eigenvalue weighted by Gasteiger charge is 2.43. The fraction of sp³-hybridized carbons (Fsp3) is 0.0137. The number of benzene rings is 10. The van der Waals surface area contributed by atoms with Crippen molar-refractivity contribution >= 4 is 109 Å². The first-order chi connectivity index (χ1) is 41.0. The largest absolute Gasteiger partial charge is 0.276 e. The van der Waals surface area contributed by atoms with E-state index in [2.05, 4.69) is 304 Å². The molecule has 0 amide bonds. The van der Waals surface area contributed by atoms with Gasteiger partial charge in [0.2, 0.25) is 11.6 Å². The Bertz CT molecular complexity index is 4730. The van der Waals surface area contributed by atoms with Gasteiger partial charge in [0.1, 0.15) is 11.6 Å². The standard InChI is InChI=1S/C73H54N8Si2/c1-3-61-67(49-52(2)82(54-31-13-5-14-32-54,55-33-15-6-16-34-55)56-35-17-7-18-36-56)78-63-43-25-27-45-65(63)80(72(78)74-61)69-51-70(77-71(76-69)53-29-11-4-12-30-53)81-66-46-28-26-44-64(66)79-68-50-60(47-48-62(68)75-73(79)81)83(57-37-19-8-20-38-57,58-39-21-9-22-40-58)59-41-23-10-24-42-59/h3-51H,1H2,2H3/b52-49+. The zero-order valence-corrected chi connectivity index (χ0v) is 47.6. The van der Waals surface area contributed by atoms with Gasteiger partial charge in [-0.1, -0.05) is 254 Å². The van der Waals surface area contributed by atoms with Gasteiger partial charge in [-0.25, -0.2) is 19.9 Å². The lowest BCUT2D eigenvalue weighted by Crippen LogP contribution is -2.74. The van der Waals surface area contributed by atoms with Gasteiger partial charge >= 0.3 is 0 Å². The van der Waals surface area contributed by atoms with Crippen molar-refractivity contribution in [2.45, 2.75) is 6.92 Å². The average Bonchev–Trinajstić information content (AvgIpc) is 3.20. The van der Waals surface area contributed by atoms with Crippen molar-refractivity contribution < 1.29 is 0 Å². The van der Waals surface area contributed by atoms with Gasteiger partial charge in [0, 0.05) is 11.6 Å². The second kappa shape index (κ2) is 20.2. The maximum absolute atomic E-state index is 5.55. The molecule has 0 spiro atoms. The van der Waals surface area contributed by atoms with E-state index >= 15 is 0 Å². The van der Waals surface area contributed by atoms with Crippen LogP contribution < -0.4 is 36.3 Å². The summed E-state index contributed by atoms with van der Waals surface area (Å²) >= 11 is 0. The smallest absolute Gasteiger partial charge is 0.221 e. The first-order valence-corrected chi connectivity index (χ1v) is 32.1. The number of aromatic nitrogens is 8. The molecule has 0 aliphatic carbocycles. The molecular weight excluding hydrogens is 1050 g/mol. The first-order valence-electron chi connectivity index (χ1n) is 28.1. The van der Waals surface area contributed by atoms with Crippen molar-refractivity contribution in [3.8, 4) is 23.0 Å². The number of rotatable bonds is 13. The third kappa shape index (κ3) is 7.79. The normalized spacial score (nSPS) is 12.3. The van der Waals surface area contributed by atoms with Gasteiger partial charge in [-0.2, -0.15) is 0 Å². The highest BCUT2D eigenvalue weighted by Crippen LogP contribution is 2.34. The number of nitrogens with zero attached hydrogens (tertiary/aromatic N) is 8. The summed E-state index contributed by atoms with van der Waals surface area (Å²) in [6, 6.07) is 103. The lowest BCUT2D eigenvalue weighted by Gasteiger charge is -2.35. The van der Waals surface area contributed by atoms with Crippen LogP contribution in [0, 0.1) is 0 Å². The number of para-hydroxylation sites is 4. The monoisotopic (exact) mass is 1100 g/mol. The lowest BCUT2D eigenvalue weighted by molar-refractivity contribution is 0.968. The molecule has 15 aromatic rings. The molecule has 5 aromatic heterocycles. The van der Waals surface area contributed by atoms with Crippen LogP contribution in [0.15, 0.2) is 297 Å². The molecule has 0 atom stereocenters. The summed E-state index contributed by atoms with van der Waals surface area (Å²) in [5.41, 5.74) is 8.42. The van der Waals surface area contributed by atoms with Crippen molar-refractivity contribution in [1.82, 2.24) is 37.9 Å². The van der Waals surface area contributed by atoms with E-state index in [4.69, 9.17) is 19.9 Å². The Morgan fingerprint density at radius 2 is 0.771 bits per heavy atom. The van der Waals surface area contributed by atoms with Crippen LogP contribution in [-0.4, -0.2) is 54.0 Å². The van der Waals surface area contributed by atoms with Gasteiger partial charge in [-0.3, -0.25) is 17.9 Å². The van der Waals surface area contributed by atoms with E-state index in [1.807, 2.05) is 24.3 Å². The maximum Gasteiger partial charge on any atom is 0.221 e. The molecule has 0 N–H and O–H groups in total. The topological polar surface area (TPSA) is 70.2 Å². The molecule has 0 unspecified atom stereocenters. The molecule has 0 saturated carbocycles. The van der Waals surface area contributed by atoms with E-state index in [9.17, 15) is 0 Å². The number of imidazole rings is 4. The van der Waals surface area contributed by atoms with Crippen molar-refractivity contribution in [3.05, 3.63) is 308 Å². The third-order valence-corrected chi connectivity index (χ3v) is 26.4. The Kier molecular flexibility index (Phi) is 12.1. The van der Waals surface area contributed by atoms with Crippen LogP contribution in [0.5, 0.6) is 0 Å². The van der Waals surface area contributed by atoms with E-state index in [-0.39, 0.29) is 0 Å². The zero-order chi connectivity index (χ0) is 55.5. The SMILES string of the molecule is C=Cc1nc2n(-c3cc(-n4c5ccccc5n5c6cc([Si](c7ccccc7)(c7ccccc7)c7ccccc7)ccc6nc45)nc(-c4ccccc4)n3)c3ccccc3n2c1/C=C(\C)[Si](c1ccccc1)(c1ccccc1)c1ccccc1. The summed E-state index contributed by atoms with van der Waals surface area (Å²) in [6.45, 7) is 6.71. The molecule has 10 heteroatoms. The van der Waals surface area contributed by atoms with Crippen molar-refractivity contribution in [2.75, 3.05) is 0 Å². The quantitative estimate of drug-likeness (QED) is 0.0852. The van der Waals surface area contributed by atoms with Gasteiger partial charge in [-0.05, 0) is 91.8 Å². The van der Waals surface area contributed by atoms with Crippen LogP contribution >= 0.6 is 0 Å². The minimum atomic E-state index is -2.89. The van der Waals surface area contributed by atoms with Crippen LogP contribution in [0.3, 0.4) is 0 Å². The van der Waals surface area contributed by atoms with E-state index in [0.29, 0.717) is 23.2 Å². The van der Waals surface area contributed by atoms with E-state index in [1.165, 1.54) is 41.5 Å². The van der Waals surface area contributed by atoms with Crippen molar-refractivity contribution in [1.29, 1.82) is 0 Å². The molecule has 0 radical (unpaired) electrons. The van der Waals surface area contributed by atoms with E-state index < -0.39 is 16.1 Å². The molecule has 0 aliphatic heterocycles. The number of hydrogen-bond donors (Lipinski definition) is 0. The fourth-order valence-electron chi connectivity index (χ4n) is 13.1. The maximum atomic E-state index is 5.55.